The monoisotopic (exact) mass is 255 g/mol. The Labute approximate surface area is 90.8 Å². The van der Waals surface area contributed by atoms with Gasteiger partial charge in [-0.15, -0.1) is 0 Å². The Balaban J connectivity index is 2.86. The van der Waals surface area contributed by atoms with Crippen molar-refractivity contribution in [2.75, 3.05) is 0 Å². The summed E-state index contributed by atoms with van der Waals surface area (Å²) in [5.41, 5.74) is -0.831. The molecule has 2 N–H and O–H groups in total. The molecular formula is C8H8F3NO3S. The van der Waals surface area contributed by atoms with E-state index in [9.17, 15) is 26.7 Å². The summed E-state index contributed by atoms with van der Waals surface area (Å²) in [5.74, 6) is 0. The zero-order chi connectivity index (χ0) is 12.3. The fraction of sp³-hybridized carbons (Fsp3) is 0.250. The predicted molar refractivity (Wildman–Crippen MR) is 49.9 cm³/mol. The van der Waals surface area contributed by atoms with Gasteiger partial charge in [0.15, 0.2) is 0 Å². The van der Waals surface area contributed by atoms with Gasteiger partial charge in [-0.05, 0) is 17.7 Å². The molecule has 0 aliphatic heterocycles. The average molecular weight is 255 g/mol. The SMILES string of the molecule is O=[SH](=O)NC(O)c1ccc(C(F)(F)F)cc1. The molecule has 1 aromatic rings. The minimum absolute atomic E-state index is 0.0344. The van der Waals surface area contributed by atoms with E-state index < -0.39 is 28.9 Å². The lowest BCUT2D eigenvalue weighted by atomic mass is 10.1. The van der Waals surface area contributed by atoms with E-state index in [1.165, 1.54) is 0 Å². The molecule has 0 fully saturated rings. The summed E-state index contributed by atoms with van der Waals surface area (Å²) in [6, 6.07) is 3.52. The first-order chi connectivity index (χ1) is 7.30. The highest BCUT2D eigenvalue weighted by atomic mass is 32.2. The van der Waals surface area contributed by atoms with Crippen LogP contribution in [0.4, 0.5) is 13.2 Å². The van der Waals surface area contributed by atoms with Crippen molar-refractivity contribution >= 4 is 10.9 Å². The van der Waals surface area contributed by atoms with Crippen LogP contribution in [0.25, 0.3) is 0 Å². The Kier molecular flexibility index (Phi) is 3.89. The number of rotatable bonds is 3. The van der Waals surface area contributed by atoms with Crippen molar-refractivity contribution in [1.29, 1.82) is 0 Å². The van der Waals surface area contributed by atoms with Crippen molar-refractivity contribution < 1.29 is 26.7 Å². The maximum Gasteiger partial charge on any atom is 0.416 e. The molecule has 1 atom stereocenters. The number of thiol groups is 1. The number of halogens is 3. The van der Waals surface area contributed by atoms with Crippen LogP contribution in [0, 0.1) is 0 Å². The smallest absolute Gasteiger partial charge is 0.373 e. The number of nitrogens with one attached hydrogen (secondary N) is 1. The van der Waals surface area contributed by atoms with Crippen LogP contribution in [-0.2, 0) is 17.1 Å². The zero-order valence-electron chi connectivity index (χ0n) is 7.73. The molecule has 0 amide bonds. The van der Waals surface area contributed by atoms with E-state index in [4.69, 9.17) is 0 Å². The lowest BCUT2D eigenvalue weighted by Crippen LogP contribution is -2.19. The Hall–Kier alpha value is -1.12. The normalized spacial score (nSPS) is 14.1. The van der Waals surface area contributed by atoms with Crippen molar-refractivity contribution in [1.82, 2.24) is 4.72 Å². The van der Waals surface area contributed by atoms with Gasteiger partial charge in [-0.2, -0.15) is 17.9 Å². The fourth-order valence-corrected chi connectivity index (χ4v) is 1.38. The Morgan fingerprint density at radius 3 is 2.06 bits per heavy atom. The molecule has 90 valence electrons. The van der Waals surface area contributed by atoms with E-state index in [0.717, 1.165) is 24.3 Å². The molecule has 0 heterocycles. The molecule has 0 bridgehead atoms. The van der Waals surface area contributed by atoms with Crippen molar-refractivity contribution in [2.45, 2.75) is 12.4 Å². The van der Waals surface area contributed by atoms with Crippen LogP contribution in [0.2, 0.25) is 0 Å². The summed E-state index contributed by atoms with van der Waals surface area (Å²) in [6.07, 6.45) is -6.00. The van der Waals surface area contributed by atoms with Crippen LogP contribution >= 0.6 is 0 Å². The molecule has 0 saturated carbocycles. The number of alkyl halides is 3. The van der Waals surface area contributed by atoms with Crippen molar-refractivity contribution in [3.05, 3.63) is 35.4 Å². The lowest BCUT2D eigenvalue weighted by molar-refractivity contribution is -0.137. The first-order valence-corrected chi connectivity index (χ1v) is 5.24. The van der Waals surface area contributed by atoms with Gasteiger partial charge in [0.25, 0.3) is 0 Å². The third-order valence-electron chi connectivity index (χ3n) is 1.78. The predicted octanol–water partition coefficient (Wildman–Crippen LogP) is 0.812. The van der Waals surface area contributed by atoms with Crippen molar-refractivity contribution in [3.63, 3.8) is 0 Å². The number of hydrogen-bond acceptors (Lipinski definition) is 3. The second-order valence-electron chi connectivity index (χ2n) is 2.91. The number of aliphatic hydroxyl groups excluding tert-OH is 1. The Morgan fingerprint density at radius 1 is 1.19 bits per heavy atom. The second-order valence-corrected chi connectivity index (χ2v) is 3.68. The third kappa shape index (κ3) is 3.47. The van der Waals surface area contributed by atoms with Gasteiger partial charge in [0, 0.05) is 0 Å². The molecule has 0 aliphatic rings. The van der Waals surface area contributed by atoms with Gasteiger partial charge < -0.3 is 5.11 Å². The van der Waals surface area contributed by atoms with Gasteiger partial charge >= 0.3 is 6.18 Å². The van der Waals surface area contributed by atoms with Gasteiger partial charge in [0.05, 0.1) is 5.56 Å². The molecule has 4 nitrogen and oxygen atoms in total. The summed E-state index contributed by atoms with van der Waals surface area (Å²) in [7, 11) is -3.02. The van der Waals surface area contributed by atoms with Crippen LogP contribution in [0.15, 0.2) is 24.3 Å². The largest absolute Gasteiger partial charge is 0.416 e. The van der Waals surface area contributed by atoms with Crippen molar-refractivity contribution in [3.8, 4) is 0 Å². The molecule has 0 aromatic heterocycles. The molecule has 16 heavy (non-hydrogen) atoms. The van der Waals surface area contributed by atoms with E-state index in [0.29, 0.717) is 0 Å². The number of hydrogen-bond donors (Lipinski definition) is 3. The molecule has 0 radical (unpaired) electrons. The molecule has 1 aromatic carbocycles. The molecule has 0 saturated heterocycles. The summed E-state index contributed by atoms with van der Waals surface area (Å²) in [6.45, 7) is 0. The lowest BCUT2D eigenvalue weighted by Gasteiger charge is -2.10. The number of benzene rings is 1. The van der Waals surface area contributed by atoms with Gasteiger partial charge in [-0.1, -0.05) is 12.1 Å². The summed E-state index contributed by atoms with van der Waals surface area (Å²) in [5, 5.41) is 9.21. The summed E-state index contributed by atoms with van der Waals surface area (Å²) >= 11 is 0. The van der Waals surface area contributed by atoms with E-state index in [2.05, 4.69) is 0 Å². The second kappa shape index (κ2) is 4.81. The van der Waals surface area contributed by atoms with Gasteiger partial charge in [0.1, 0.15) is 6.23 Å². The number of aliphatic hydroxyl groups is 1. The summed E-state index contributed by atoms with van der Waals surface area (Å²) in [4.78, 5) is 0. The zero-order valence-corrected chi connectivity index (χ0v) is 8.63. The van der Waals surface area contributed by atoms with Crippen LogP contribution in [0.5, 0.6) is 0 Å². The quantitative estimate of drug-likeness (QED) is 0.553. The van der Waals surface area contributed by atoms with Crippen LogP contribution in [0.3, 0.4) is 0 Å². The van der Waals surface area contributed by atoms with Crippen LogP contribution in [0.1, 0.15) is 17.4 Å². The fourth-order valence-electron chi connectivity index (χ4n) is 1.03. The minimum atomic E-state index is -4.46. The van der Waals surface area contributed by atoms with Gasteiger partial charge in [-0.25, -0.2) is 8.42 Å². The van der Waals surface area contributed by atoms with Crippen LogP contribution in [-0.4, -0.2) is 13.5 Å². The first-order valence-electron chi connectivity index (χ1n) is 4.06. The molecule has 1 unspecified atom stereocenters. The van der Waals surface area contributed by atoms with Crippen LogP contribution < -0.4 is 4.72 Å². The Bertz CT molecular complexity index is 419. The van der Waals surface area contributed by atoms with E-state index in [-0.39, 0.29) is 5.56 Å². The maximum absolute atomic E-state index is 12.2. The summed E-state index contributed by atoms with van der Waals surface area (Å²) < 4.78 is 58.6. The highest BCUT2D eigenvalue weighted by Crippen LogP contribution is 2.29. The molecular weight excluding hydrogens is 247 g/mol. The van der Waals surface area contributed by atoms with Gasteiger partial charge in [0.2, 0.25) is 10.9 Å². The first kappa shape index (κ1) is 12.9. The standard InChI is InChI=1S/C8H8F3NO3S/c9-8(10,11)6-3-1-5(2-4-6)7(13)12-16(14)15/h1-4,7,13,16H,(H,12,14,15). The molecule has 8 heteroatoms. The van der Waals surface area contributed by atoms with E-state index in [1.807, 2.05) is 0 Å². The molecule has 0 spiro atoms. The maximum atomic E-state index is 12.2. The van der Waals surface area contributed by atoms with E-state index in [1.54, 1.807) is 4.72 Å². The molecule has 1 rings (SSSR count). The average Bonchev–Trinajstić information content (AvgIpc) is 2.15. The van der Waals surface area contributed by atoms with Gasteiger partial charge in [-0.3, -0.25) is 0 Å². The highest BCUT2D eigenvalue weighted by molar-refractivity contribution is 7.70. The Morgan fingerprint density at radius 2 is 1.69 bits per heavy atom. The van der Waals surface area contributed by atoms with E-state index >= 15 is 0 Å². The van der Waals surface area contributed by atoms with Crippen molar-refractivity contribution in [2.24, 2.45) is 0 Å². The highest BCUT2D eigenvalue weighted by Gasteiger charge is 2.30. The molecule has 0 aliphatic carbocycles. The topological polar surface area (TPSA) is 66.4 Å². The minimum Gasteiger partial charge on any atom is -0.373 e. The third-order valence-corrected chi connectivity index (χ3v) is 2.24.